The van der Waals surface area contributed by atoms with Crippen LogP contribution in [0.4, 0.5) is 4.39 Å². The molecule has 1 aromatic carbocycles. The summed E-state index contributed by atoms with van der Waals surface area (Å²) >= 11 is 0. The summed E-state index contributed by atoms with van der Waals surface area (Å²) in [6.45, 7) is 0.255. The molecule has 0 aromatic heterocycles. The van der Waals surface area contributed by atoms with Crippen LogP contribution in [0.5, 0.6) is 5.75 Å². The molecule has 0 fully saturated rings. The molecule has 18 heavy (non-hydrogen) atoms. The van der Waals surface area contributed by atoms with Crippen molar-refractivity contribution in [1.82, 2.24) is 4.90 Å². The van der Waals surface area contributed by atoms with Gasteiger partial charge < -0.3 is 9.64 Å². The van der Waals surface area contributed by atoms with E-state index in [-0.39, 0.29) is 31.1 Å². The quantitative estimate of drug-likeness (QED) is 0.804. The first kappa shape index (κ1) is 14.0. The Morgan fingerprint density at radius 2 is 2.28 bits per heavy atom. The Kier molecular flexibility index (Phi) is 5.12. The van der Waals surface area contributed by atoms with Gasteiger partial charge in [-0.2, -0.15) is 5.26 Å². The summed E-state index contributed by atoms with van der Waals surface area (Å²) in [5, 5.41) is 8.41. The SMILES string of the molecule is COc1ccc(F)cc1CN(C)C(=O)CCC#N. The van der Waals surface area contributed by atoms with Crippen LogP contribution in [0, 0.1) is 17.1 Å². The number of benzene rings is 1. The number of rotatable bonds is 5. The fraction of sp³-hybridized carbons (Fsp3) is 0.385. The monoisotopic (exact) mass is 250 g/mol. The highest BCUT2D eigenvalue weighted by molar-refractivity contribution is 5.76. The molecule has 0 heterocycles. The Labute approximate surface area is 106 Å². The summed E-state index contributed by atoms with van der Waals surface area (Å²) < 4.78 is 18.2. The molecule has 5 heteroatoms. The zero-order valence-corrected chi connectivity index (χ0v) is 10.4. The van der Waals surface area contributed by atoms with Crippen molar-refractivity contribution in [3.05, 3.63) is 29.6 Å². The van der Waals surface area contributed by atoms with Crippen LogP contribution in [0.15, 0.2) is 18.2 Å². The van der Waals surface area contributed by atoms with Crippen molar-refractivity contribution in [3.8, 4) is 11.8 Å². The molecular formula is C13H15FN2O2. The molecule has 4 nitrogen and oxygen atoms in total. The van der Waals surface area contributed by atoms with Gasteiger partial charge in [0, 0.05) is 32.0 Å². The zero-order valence-electron chi connectivity index (χ0n) is 10.4. The van der Waals surface area contributed by atoms with Crippen molar-refractivity contribution in [3.63, 3.8) is 0 Å². The Balaban J connectivity index is 2.75. The van der Waals surface area contributed by atoms with Crippen molar-refractivity contribution in [2.24, 2.45) is 0 Å². The van der Waals surface area contributed by atoms with E-state index < -0.39 is 0 Å². The van der Waals surface area contributed by atoms with E-state index in [4.69, 9.17) is 10.00 Å². The van der Waals surface area contributed by atoms with Gasteiger partial charge in [-0.15, -0.1) is 0 Å². The number of hydrogen-bond acceptors (Lipinski definition) is 3. The van der Waals surface area contributed by atoms with Crippen LogP contribution < -0.4 is 4.74 Å². The lowest BCUT2D eigenvalue weighted by Crippen LogP contribution is -2.26. The van der Waals surface area contributed by atoms with Gasteiger partial charge in [0.05, 0.1) is 13.2 Å². The lowest BCUT2D eigenvalue weighted by molar-refractivity contribution is -0.130. The maximum atomic E-state index is 13.1. The van der Waals surface area contributed by atoms with Crippen LogP contribution in [0.3, 0.4) is 0 Å². The fourth-order valence-corrected chi connectivity index (χ4v) is 1.57. The first-order valence-corrected chi connectivity index (χ1v) is 5.51. The number of carbonyl (C=O) groups is 1. The molecule has 0 saturated heterocycles. The van der Waals surface area contributed by atoms with Crippen LogP contribution >= 0.6 is 0 Å². The van der Waals surface area contributed by atoms with E-state index in [2.05, 4.69) is 0 Å². The molecule has 0 bridgehead atoms. The fourth-order valence-electron chi connectivity index (χ4n) is 1.57. The van der Waals surface area contributed by atoms with Gasteiger partial charge in [-0.1, -0.05) is 0 Å². The average molecular weight is 250 g/mol. The number of amides is 1. The third kappa shape index (κ3) is 3.74. The van der Waals surface area contributed by atoms with Crippen molar-refractivity contribution in [2.75, 3.05) is 14.2 Å². The second kappa shape index (κ2) is 6.60. The second-order valence-corrected chi connectivity index (χ2v) is 3.86. The van der Waals surface area contributed by atoms with Crippen LogP contribution in [0.1, 0.15) is 18.4 Å². The molecule has 0 aliphatic rings. The lowest BCUT2D eigenvalue weighted by atomic mass is 10.1. The summed E-state index contributed by atoms with van der Waals surface area (Å²) in [7, 11) is 3.11. The first-order valence-electron chi connectivity index (χ1n) is 5.51. The maximum Gasteiger partial charge on any atom is 0.223 e. The average Bonchev–Trinajstić information content (AvgIpc) is 2.36. The van der Waals surface area contributed by atoms with Crippen molar-refractivity contribution in [2.45, 2.75) is 19.4 Å². The summed E-state index contributed by atoms with van der Waals surface area (Å²) in [5.41, 5.74) is 0.602. The largest absolute Gasteiger partial charge is 0.496 e. The van der Waals surface area contributed by atoms with Gasteiger partial charge in [-0.05, 0) is 18.2 Å². The van der Waals surface area contributed by atoms with Crippen LogP contribution in [0.2, 0.25) is 0 Å². The first-order chi connectivity index (χ1) is 8.58. The molecular weight excluding hydrogens is 235 g/mol. The summed E-state index contributed by atoms with van der Waals surface area (Å²) in [4.78, 5) is 13.1. The number of hydrogen-bond donors (Lipinski definition) is 0. The summed E-state index contributed by atoms with van der Waals surface area (Å²) in [5.74, 6) is 0.0165. The second-order valence-electron chi connectivity index (χ2n) is 3.86. The molecule has 1 aromatic rings. The Morgan fingerprint density at radius 1 is 1.56 bits per heavy atom. The standard InChI is InChI=1S/C13H15FN2O2/c1-16(13(17)4-3-7-15)9-10-8-11(14)5-6-12(10)18-2/h5-6,8H,3-4,9H2,1-2H3. The lowest BCUT2D eigenvalue weighted by Gasteiger charge is -2.18. The molecule has 0 saturated carbocycles. The summed E-state index contributed by atoms with van der Waals surface area (Å²) in [6.07, 6.45) is 0.355. The van der Waals surface area contributed by atoms with E-state index in [0.717, 1.165) is 0 Å². The highest BCUT2D eigenvalue weighted by Crippen LogP contribution is 2.20. The minimum Gasteiger partial charge on any atom is -0.496 e. The molecule has 0 N–H and O–H groups in total. The van der Waals surface area contributed by atoms with E-state index in [1.807, 2.05) is 6.07 Å². The molecule has 0 spiro atoms. The predicted molar refractivity (Wildman–Crippen MR) is 64.3 cm³/mol. The molecule has 0 aliphatic carbocycles. The Bertz CT molecular complexity index is 469. The summed E-state index contributed by atoms with van der Waals surface area (Å²) in [6, 6.07) is 6.09. The normalized spacial score (nSPS) is 9.67. The van der Waals surface area contributed by atoms with Gasteiger partial charge in [-0.25, -0.2) is 4.39 Å². The van der Waals surface area contributed by atoms with E-state index >= 15 is 0 Å². The van der Waals surface area contributed by atoms with Crippen LogP contribution in [0.25, 0.3) is 0 Å². The smallest absolute Gasteiger partial charge is 0.223 e. The van der Waals surface area contributed by atoms with Crippen LogP contribution in [-0.2, 0) is 11.3 Å². The van der Waals surface area contributed by atoms with E-state index in [1.165, 1.54) is 30.2 Å². The number of carbonyl (C=O) groups excluding carboxylic acids is 1. The topological polar surface area (TPSA) is 53.3 Å². The molecule has 96 valence electrons. The molecule has 1 amide bonds. The van der Waals surface area contributed by atoms with Gasteiger partial charge in [0.1, 0.15) is 11.6 Å². The predicted octanol–water partition coefficient (Wildman–Crippen LogP) is 2.10. The van der Waals surface area contributed by atoms with E-state index in [1.54, 1.807) is 7.05 Å². The molecule has 1 rings (SSSR count). The van der Waals surface area contributed by atoms with Gasteiger partial charge in [-0.3, -0.25) is 4.79 Å². The number of ether oxygens (including phenoxy) is 1. The van der Waals surface area contributed by atoms with Crippen LogP contribution in [-0.4, -0.2) is 25.0 Å². The van der Waals surface area contributed by atoms with Gasteiger partial charge >= 0.3 is 0 Å². The van der Waals surface area contributed by atoms with E-state index in [9.17, 15) is 9.18 Å². The molecule has 0 aliphatic heterocycles. The number of nitrogens with zero attached hydrogens (tertiary/aromatic N) is 2. The van der Waals surface area contributed by atoms with Gasteiger partial charge in [0.25, 0.3) is 0 Å². The minimum absolute atomic E-state index is 0.150. The highest BCUT2D eigenvalue weighted by Gasteiger charge is 2.12. The minimum atomic E-state index is -0.372. The van der Waals surface area contributed by atoms with Crippen molar-refractivity contribution < 1.29 is 13.9 Å². The van der Waals surface area contributed by atoms with Gasteiger partial charge in [0.2, 0.25) is 5.91 Å². The van der Waals surface area contributed by atoms with Crippen molar-refractivity contribution in [1.29, 1.82) is 5.26 Å². The number of halogens is 1. The Hall–Kier alpha value is -2.09. The molecule has 0 atom stereocenters. The molecule has 0 unspecified atom stereocenters. The number of methoxy groups -OCH3 is 1. The third-order valence-electron chi connectivity index (χ3n) is 2.53. The van der Waals surface area contributed by atoms with Crippen molar-refractivity contribution >= 4 is 5.91 Å². The molecule has 0 radical (unpaired) electrons. The highest BCUT2D eigenvalue weighted by atomic mass is 19.1. The van der Waals surface area contributed by atoms with Gasteiger partial charge in [0.15, 0.2) is 0 Å². The number of nitriles is 1. The third-order valence-corrected chi connectivity index (χ3v) is 2.53. The Morgan fingerprint density at radius 3 is 2.89 bits per heavy atom. The zero-order chi connectivity index (χ0) is 13.5. The maximum absolute atomic E-state index is 13.1. The van der Waals surface area contributed by atoms with E-state index in [0.29, 0.717) is 11.3 Å².